The van der Waals surface area contributed by atoms with E-state index >= 15 is 0 Å². The largest absolute Gasteiger partial charge is 0.464 e. The molecular formula is C13H13ClN2O3S2. The van der Waals surface area contributed by atoms with Crippen molar-refractivity contribution < 1.29 is 13.2 Å². The molecule has 0 atom stereocenters. The first kappa shape index (κ1) is 14.8. The number of hydrogen-bond donors (Lipinski definition) is 0. The third-order valence-electron chi connectivity index (χ3n) is 3.15. The lowest BCUT2D eigenvalue weighted by Gasteiger charge is -2.37. The van der Waals surface area contributed by atoms with E-state index in [2.05, 4.69) is 4.98 Å². The number of halogens is 1. The Morgan fingerprint density at radius 3 is 2.67 bits per heavy atom. The molecule has 2 aromatic rings. The van der Waals surface area contributed by atoms with E-state index in [4.69, 9.17) is 16.3 Å². The number of thiazole rings is 1. The summed E-state index contributed by atoms with van der Waals surface area (Å²) in [6.07, 6.45) is 1.55. The van der Waals surface area contributed by atoms with Crippen LogP contribution in [0.1, 0.15) is 5.56 Å². The van der Waals surface area contributed by atoms with Gasteiger partial charge in [0.2, 0.25) is 10.0 Å². The lowest BCUT2D eigenvalue weighted by atomic mass is 10.2. The summed E-state index contributed by atoms with van der Waals surface area (Å²) in [7, 11) is -3.31. The molecule has 2 heterocycles. The normalized spacial score (nSPS) is 16.6. The SMILES string of the molecule is O=S(=O)(Cc1ccc(Cl)cc1)N1CC(Oc2nccs2)C1. The minimum absolute atomic E-state index is 0.0197. The van der Waals surface area contributed by atoms with Gasteiger partial charge in [0.25, 0.3) is 5.19 Å². The average Bonchev–Trinajstić information content (AvgIpc) is 2.88. The molecule has 5 nitrogen and oxygen atoms in total. The molecule has 0 radical (unpaired) electrons. The van der Waals surface area contributed by atoms with Crippen LogP contribution in [0.15, 0.2) is 35.8 Å². The third-order valence-corrected chi connectivity index (χ3v) is 5.84. The zero-order valence-corrected chi connectivity index (χ0v) is 13.4. The highest BCUT2D eigenvalue weighted by Crippen LogP contribution is 2.24. The van der Waals surface area contributed by atoms with E-state index in [1.807, 2.05) is 5.38 Å². The highest BCUT2D eigenvalue weighted by molar-refractivity contribution is 7.88. The number of ether oxygens (including phenoxy) is 1. The van der Waals surface area contributed by atoms with Crippen LogP contribution in [0.2, 0.25) is 5.02 Å². The number of aromatic nitrogens is 1. The van der Waals surface area contributed by atoms with E-state index in [0.29, 0.717) is 23.3 Å². The van der Waals surface area contributed by atoms with Crippen molar-refractivity contribution in [2.24, 2.45) is 0 Å². The van der Waals surface area contributed by atoms with E-state index in [0.717, 1.165) is 5.56 Å². The van der Waals surface area contributed by atoms with Crippen molar-refractivity contribution in [1.82, 2.24) is 9.29 Å². The summed E-state index contributed by atoms with van der Waals surface area (Å²) in [5, 5.41) is 3.00. The molecule has 1 fully saturated rings. The summed E-state index contributed by atoms with van der Waals surface area (Å²) in [4.78, 5) is 4.02. The molecule has 21 heavy (non-hydrogen) atoms. The molecule has 0 unspecified atom stereocenters. The highest BCUT2D eigenvalue weighted by atomic mass is 35.5. The van der Waals surface area contributed by atoms with Gasteiger partial charge in [-0.05, 0) is 17.7 Å². The van der Waals surface area contributed by atoms with Gasteiger partial charge in [-0.15, -0.1) is 0 Å². The second kappa shape index (κ2) is 5.92. The molecule has 1 saturated heterocycles. The zero-order valence-electron chi connectivity index (χ0n) is 11.0. The summed E-state index contributed by atoms with van der Waals surface area (Å²) in [5.74, 6) is -0.0197. The van der Waals surface area contributed by atoms with Crippen molar-refractivity contribution >= 4 is 33.0 Å². The molecular weight excluding hydrogens is 332 g/mol. The van der Waals surface area contributed by atoms with Crippen molar-refractivity contribution in [2.45, 2.75) is 11.9 Å². The zero-order chi connectivity index (χ0) is 14.9. The van der Waals surface area contributed by atoms with Gasteiger partial charge in [-0.25, -0.2) is 13.4 Å². The van der Waals surface area contributed by atoms with E-state index in [9.17, 15) is 8.42 Å². The topological polar surface area (TPSA) is 59.5 Å². The Balaban J connectivity index is 1.56. The van der Waals surface area contributed by atoms with Gasteiger partial charge in [-0.3, -0.25) is 0 Å². The van der Waals surface area contributed by atoms with Gasteiger partial charge in [0.05, 0.1) is 18.8 Å². The monoisotopic (exact) mass is 344 g/mol. The average molecular weight is 345 g/mol. The van der Waals surface area contributed by atoms with Crippen LogP contribution < -0.4 is 4.74 Å². The molecule has 0 N–H and O–H groups in total. The van der Waals surface area contributed by atoms with Crippen LogP contribution in [0.4, 0.5) is 0 Å². The van der Waals surface area contributed by atoms with Gasteiger partial charge in [-0.1, -0.05) is 35.1 Å². The molecule has 0 amide bonds. The van der Waals surface area contributed by atoms with Gasteiger partial charge in [0.15, 0.2) is 0 Å². The first-order valence-electron chi connectivity index (χ1n) is 6.31. The predicted octanol–water partition coefficient (Wildman–Crippen LogP) is 2.39. The molecule has 8 heteroatoms. The fourth-order valence-corrected chi connectivity index (χ4v) is 4.26. The number of benzene rings is 1. The minimum atomic E-state index is -3.31. The quantitative estimate of drug-likeness (QED) is 0.835. The second-order valence-corrected chi connectivity index (χ2v) is 8.00. The number of sulfonamides is 1. The van der Waals surface area contributed by atoms with Gasteiger partial charge < -0.3 is 4.74 Å². The summed E-state index contributed by atoms with van der Waals surface area (Å²) < 4.78 is 31.5. The first-order valence-corrected chi connectivity index (χ1v) is 9.18. The van der Waals surface area contributed by atoms with Crippen molar-refractivity contribution in [3.8, 4) is 5.19 Å². The maximum atomic E-state index is 12.2. The van der Waals surface area contributed by atoms with Crippen molar-refractivity contribution in [3.63, 3.8) is 0 Å². The first-order chi connectivity index (χ1) is 10.0. The Morgan fingerprint density at radius 1 is 1.33 bits per heavy atom. The van der Waals surface area contributed by atoms with Gasteiger partial charge in [0, 0.05) is 16.6 Å². The van der Waals surface area contributed by atoms with Crippen LogP contribution >= 0.6 is 22.9 Å². The lowest BCUT2D eigenvalue weighted by Crippen LogP contribution is -2.56. The summed E-state index contributed by atoms with van der Waals surface area (Å²) >= 11 is 7.19. The molecule has 1 aliphatic rings. The smallest absolute Gasteiger partial charge is 0.273 e. The van der Waals surface area contributed by atoms with Crippen molar-refractivity contribution in [3.05, 3.63) is 46.4 Å². The molecule has 0 bridgehead atoms. The van der Waals surface area contributed by atoms with E-state index in [1.54, 1.807) is 30.5 Å². The second-order valence-electron chi connectivity index (χ2n) is 4.74. The van der Waals surface area contributed by atoms with E-state index < -0.39 is 10.0 Å². The Kier molecular flexibility index (Phi) is 4.17. The standard InChI is InChI=1S/C13H13ClN2O3S2/c14-11-3-1-10(2-4-11)9-21(17,18)16-7-12(8-16)19-13-15-5-6-20-13/h1-6,12H,7-9H2. The van der Waals surface area contributed by atoms with Crippen LogP contribution in [-0.2, 0) is 15.8 Å². The molecule has 1 aromatic carbocycles. The molecule has 0 saturated carbocycles. The molecule has 3 rings (SSSR count). The lowest BCUT2D eigenvalue weighted by molar-refractivity contribution is 0.0758. The van der Waals surface area contributed by atoms with Crippen LogP contribution in [0, 0.1) is 0 Å². The summed E-state index contributed by atoms with van der Waals surface area (Å²) in [5.41, 5.74) is 0.726. The predicted molar refractivity (Wildman–Crippen MR) is 82.2 cm³/mol. The number of rotatable bonds is 5. The maximum absolute atomic E-state index is 12.2. The van der Waals surface area contributed by atoms with Crippen molar-refractivity contribution in [2.75, 3.05) is 13.1 Å². The van der Waals surface area contributed by atoms with Crippen LogP contribution in [0.5, 0.6) is 5.19 Å². The van der Waals surface area contributed by atoms with Gasteiger partial charge in [0.1, 0.15) is 6.10 Å². The fourth-order valence-electron chi connectivity index (χ4n) is 2.00. The summed E-state index contributed by atoms with van der Waals surface area (Å²) in [6.45, 7) is 0.741. The van der Waals surface area contributed by atoms with E-state index in [-0.39, 0.29) is 11.9 Å². The molecule has 0 spiro atoms. The Labute approximate surface area is 132 Å². The third kappa shape index (κ3) is 3.55. The van der Waals surface area contributed by atoms with Crippen molar-refractivity contribution in [1.29, 1.82) is 0 Å². The molecule has 112 valence electrons. The van der Waals surface area contributed by atoms with Gasteiger partial charge in [-0.2, -0.15) is 4.31 Å². The highest BCUT2D eigenvalue weighted by Gasteiger charge is 2.37. The van der Waals surface area contributed by atoms with Crippen LogP contribution in [-0.4, -0.2) is 36.9 Å². The maximum Gasteiger partial charge on any atom is 0.273 e. The van der Waals surface area contributed by atoms with Crippen LogP contribution in [0.25, 0.3) is 0 Å². The fraction of sp³-hybridized carbons (Fsp3) is 0.308. The summed E-state index contributed by atoms with van der Waals surface area (Å²) in [6, 6.07) is 6.83. The number of hydrogen-bond acceptors (Lipinski definition) is 5. The van der Waals surface area contributed by atoms with Gasteiger partial charge >= 0.3 is 0 Å². The minimum Gasteiger partial charge on any atom is -0.464 e. The van der Waals surface area contributed by atoms with Crippen LogP contribution in [0.3, 0.4) is 0 Å². The number of nitrogens with zero attached hydrogens (tertiary/aromatic N) is 2. The molecule has 0 aliphatic carbocycles. The Morgan fingerprint density at radius 2 is 2.05 bits per heavy atom. The molecule has 1 aliphatic heterocycles. The Hall–Kier alpha value is -1.15. The Bertz CT molecular complexity index is 696. The molecule has 1 aromatic heterocycles. The van der Waals surface area contributed by atoms with E-state index in [1.165, 1.54) is 15.6 Å².